The van der Waals surface area contributed by atoms with Crippen LogP contribution in [0.2, 0.25) is 0 Å². The summed E-state index contributed by atoms with van der Waals surface area (Å²) < 4.78 is 25.0. The largest absolute Gasteiger partial charge is 0.508 e. The number of hydrogen-bond donors (Lipinski definition) is 1. The van der Waals surface area contributed by atoms with Crippen LogP contribution in [0.3, 0.4) is 0 Å². The molecule has 0 saturated carbocycles. The van der Waals surface area contributed by atoms with Gasteiger partial charge in [-0.1, -0.05) is 32.9 Å². The van der Waals surface area contributed by atoms with Gasteiger partial charge in [0.1, 0.15) is 11.8 Å². The summed E-state index contributed by atoms with van der Waals surface area (Å²) in [4.78, 5) is 3.42. The van der Waals surface area contributed by atoms with Crippen LogP contribution in [0.1, 0.15) is 31.9 Å². The van der Waals surface area contributed by atoms with Crippen molar-refractivity contribution in [3.8, 4) is 11.8 Å². The number of aromatic nitrogens is 1. The standard InChI is InChI=1S/C18H18N2O3S/c1-18(2,3)15-11-13(7-8-16(15)21)10-14(12-19)24(22,23)17-6-4-5-9-20-17/h4-11,21H,1-3H3/b14-10+. The summed E-state index contributed by atoms with van der Waals surface area (Å²) >= 11 is 0. The SMILES string of the molecule is CC(C)(C)c1cc(/C=C(\C#N)S(=O)(=O)c2ccccn2)ccc1O. The lowest BCUT2D eigenvalue weighted by molar-refractivity contribution is 0.446. The Kier molecular flexibility index (Phi) is 4.76. The van der Waals surface area contributed by atoms with Crippen molar-refractivity contribution in [2.24, 2.45) is 0 Å². The molecule has 0 spiro atoms. The third-order valence-electron chi connectivity index (χ3n) is 3.44. The molecule has 0 unspecified atom stereocenters. The van der Waals surface area contributed by atoms with Crippen LogP contribution in [0.25, 0.3) is 6.08 Å². The second kappa shape index (κ2) is 6.46. The van der Waals surface area contributed by atoms with E-state index in [1.54, 1.807) is 30.3 Å². The average molecular weight is 342 g/mol. The minimum Gasteiger partial charge on any atom is -0.508 e. The number of allylic oxidation sites excluding steroid dienone is 1. The molecule has 2 aromatic rings. The van der Waals surface area contributed by atoms with E-state index in [2.05, 4.69) is 4.98 Å². The van der Waals surface area contributed by atoms with Crippen LogP contribution in [-0.4, -0.2) is 18.5 Å². The van der Waals surface area contributed by atoms with Gasteiger partial charge >= 0.3 is 0 Å². The first kappa shape index (κ1) is 17.7. The first-order valence-electron chi connectivity index (χ1n) is 7.27. The summed E-state index contributed by atoms with van der Waals surface area (Å²) in [5.41, 5.74) is 0.873. The molecule has 2 rings (SSSR count). The van der Waals surface area contributed by atoms with Crippen molar-refractivity contribution in [2.75, 3.05) is 0 Å². The Bertz CT molecular complexity index is 919. The van der Waals surface area contributed by atoms with Gasteiger partial charge in [-0.2, -0.15) is 5.26 Å². The van der Waals surface area contributed by atoms with Crippen molar-refractivity contribution in [1.29, 1.82) is 5.26 Å². The van der Waals surface area contributed by atoms with Crippen LogP contribution in [0.15, 0.2) is 52.5 Å². The Morgan fingerprint density at radius 3 is 2.50 bits per heavy atom. The highest BCUT2D eigenvalue weighted by Gasteiger charge is 2.23. The van der Waals surface area contributed by atoms with Crippen LogP contribution in [0.5, 0.6) is 5.75 Å². The van der Waals surface area contributed by atoms with Gasteiger partial charge in [0.05, 0.1) is 0 Å². The van der Waals surface area contributed by atoms with Crippen LogP contribution in [-0.2, 0) is 15.3 Å². The third-order valence-corrected chi connectivity index (χ3v) is 5.02. The van der Waals surface area contributed by atoms with Gasteiger partial charge < -0.3 is 5.11 Å². The highest BCUT2D eigenvalue weighted by Crippen LogP contribution is 2.32. The Labute approximate surface area is 141 Å². The quantitative estimate of drug-likeness (QED) is 0.863. The van der Waals surface area contributed by atoms with E-state index in [-0.39, 0.29) is 16.2 Å². The maximum Gasteiger partial charge on any atom is 0.233 e. The number of benzene rings is 1. The van der Waals surface area contributed by atoms with E-state index in [1.165, 1.54) is 24.4 Å². The number of pyridine rings is 1. The number of phenolic OH excluding ortho intramolecular Hbond substituents is 1. The zero-order valence-corrected chi connectivity index (χ0v) is 14.5. The van der Waals surface area contributed by atoms with Gasteiger partial charge in [0.25, 0.3) is 0 Å². The highest BCUT2D eigenvalue weighted by atomic mass is 32.2. The Hall–Kier alpha value is -2.65. The molecule has 0 fully saturated rings. The number of nitriles is 1. The highest BCUT2D eigenvalue weighted by molar-refractivity contribution is 7.95. The third kappa shape index (κ3) is 3.63. The number of rotatable bonds is 3. The number of aromatic hydroxyl groups is 1. The zero-order valence-electron chi connectivity index (χ0n) is 13.7. The first-order chi connectivity index (χ1) is 11.2. The predicted octanol–water partition coefficient (Wildman–Crippen LogP) is 3.42. The monoisotopic (exact) mass is 342 g/mol. The van der Waals surface area contributed by atoms with Gasteiger partial charge in [0.2, 0.25) is 9.84 Å². The van der Waals surface area contributed by atoms with Gasteiger partial charge in [-0.05, 0) is 46.9 Å². The van der Waals surface area contributed by atoms with Crippen molar-refractivity contribution in [1.82, 2.24) is 4.98 Å². The molecule has 24 heavy (non-hydrogen) atoms. The van der Waals surface area contributed by atoms with Crippen molar-refractivity contribution in [2.45, 2.75) is 31.2 Å². The second-order valence-electron chi connectivity index (χ2n) is 6.32. The molecule has 0 radical (unpaired) electrons. The maximum atomic E-state index is 12.5. The average Bonchev–Trinajstić information content (AvgIpc) is 2.53. The lowest BCUT2D eigenvalue weighted by Gasteiger charge is -2.20. The molecule has 124 valence electrons. The molecule has 0 amide bonds. The van der Waals surface area contributed by atoms with Gasteiger partial charge in [0, 0.05) is 6.20 Å². The molecule has 0 saturated heterocycles. The summed E-state index contributed by atoms with van der Waals surface area (Å²) in [6, 6.07) is 11.0. The smallest absolute Gasteiger partial charge is 0.233 e. The maximum absolute atomic E-state index is 12.5. The van der Waals surface area contributed by atoms with E-state index in [0.29, 0.717) is 11.1 Å². The summed E-state index contributed by atoms with van der Waals surface area (Å²) in [6.07, 6.45) is 2.65. The Morgan fingerprint density at radius 2 is 1.96 bits per heavy atom. The summed E-state index contributed by atoms with van der Waals surface area (Å²) in [5, 5.41) is 19.1. The van der Waals surface area contributed by atoms with Crippen LogP contribution in [0.4, 0.5) is 0 Å². The van der Waals surface area contributed by atoms with Crippen LogP contribution < -0.4 is 0 Å². The molecule has 1 aromatic carbocycles. The normalized spacial score (nSPS) is 12.7. The Balaban J connectivity index is 2.55. The molecule has 0 aliphatic carbocycles. The van der Waals surface area contributed by atoms with Crippen molar-refractivity contribution in [3.05, 3.63) is 58.6 Å². The summed E-state index contributed by atoms with van der Waals surface area (Å²) in [7, 11) is -3.98. The summed E-state index contributed by atoms with van der Waals surface area (Å²) in [6.45, 7) is 5.81. The number of phenols is 1. The molecular weight excluding hydrogens is 324 g/mol. The zero-order chi connectivity index (χ0) is 18.0. The number of nitrogens with zero attached hydrogens (tertiary/aromatic N) is 2. The van der Waals surface area contributed by atoms with E-state index in [1.807, 2.05) is 20.8 Å². The van der Waals surface area contributed by atoms with Crippen LogP contribution >= 0.6 is 0 Å². The molecule has 1 heterocycles. The van der Waals surface area contributed by atoms with E-state index < -0.39 is 14.7 Å². The minimum atomic E-state index is -3.98. The second-order valence-corrected chi connectivity index (χ2v) is 8.18. The van der Waals surface area contributed by atoms with Crippen molar-refractivity contribution < 1.29 is 13.5 Å². The first-order valence-corrected chi connectivity index (χ1v) is 8.76. The molecule has 0 aliphatic rings. The van der Waals surface area contributed by atoms with E-state index in [4.69, 9.17) is 0 Å². The molecule has 0 bridgehead atoms. The minimum absolute atomic E-state index is 0.130. The van der Waals surface area contributed by atoms with E-state index in [0.717, 1.165) is 0 Å². The molecule has 1 aromatic heterocycles. The molecule has 1 N–H and O–H groups in total. The van der Waals surface area contributed by atoms with Crippen LogP contribution in [0, 0.1) is 11.3 Å². The van der Waals surface area contributed by atoms with Gasteiger partial charge in [0.15, 0.2) is 9.93 Å². The van der Waals surface area contributed by atoms with E-state index in [9.17, 15) is 18.8 Å². The van der Waals surface area contributed by atoms with Gasteiger partial charge in [-0.25, -0.2) is 13.4 Å². The topological polar surface area (TPSA) is 91.0 Å². The molecule has 0 aliphatic heterocycles. The molecule has 0 atom stereocenters. The predicted molar refractivity (Wildman–Crippen MR) is 91.8 cm³/mol. The van der Waals surface area contributed by atoms with Crippen molar-refractivity contribution >= 4 is 15.9 Å². The molecule has 5 nitrogen and oxygen atoms in total. The fourth-order valence-electron chi connectivity index (χ4n) is 2.18. The number of sulfone groups is 1. The van der Waals surface area contributed by atoms with Crippen molar-refractivity contribution in [3.63, 3.8) is 0 Å². The lowest BCUT2D eigenvalue weighted by atomic mass is 9.85. The fourth-order valence-corrected chi connectivity index (χ4v) is 3.28. The van der Waals surface area contributed by atoms with Gasteiger partial charge in [-0.15, -0.1) is 0 Å². The molecular formula is C18H18N2O3S. The lowest BCUT2D eigenvalue weighted by Crippen LogP contribution is -2.11. The van der Waals surface area contributed by atoms with E-state index >= 15 is 0 Å². The summed E-state index contributed by atoms with van der Waals surface area (Å²) in [5.74, 6) is 0.130. The fraction of sp³-hybridized carbons (Fsp3) is 0.222. The number of hydrogen-bond acceptors (Lipinski definition) is 5. The molecule has 6 heteroatoms. The van der Waals surface area contributed by atoms with Gasteiger partial charge in [-0.3, -0.25) is 0 Å². The Morgan fingerprint density at radius 1 is 1.25 bits per heavy atom.